The van der Waals surface area contributed by atoms with Gasteiger partial charge in [-0.1, -0.05) is 30.3 Å². The van der Waals surface area contributed by atoms with Crippen molar-refractivity contribution in [1.82, 2.24) is 0 Å². The molecule has 0 saturated carbocycles. The van der Waals surface area contributed by atoms with Gasteiger partial charge in [-0.15, -0.1) is 0 Å². The molecule has 0 unspecified atom stereocenters. The van der Waals surface area contributed by atoms with Gasteiger partial charge < -0.3 is 4.74 Å². The van der Waals surface area contributed by atoms with E-state index < -0.39 is 0 Å². The molecule has 0 heterocycles. The molecule has 0 atom stereocenters. The van der Waals surface area contributed by atoms with Crippen LogP contribution < -0.4 is 0 Å². The van der Waals surface area contributed by atoms with Gasteiger partial charge in [-0.25, -0.2) is 4.39 Å². The van der Waals surface area contributed by atoms with Crippen molar-refractivity contribution in [1.29, 1.82) is 0 Å². The van der Waals surface area contributed by atoms with E-state index in [1.54, 1.807) is 0 Å². The minimum Gasteiger partial charge on any atom is -0.381 e. The van der Waals surface area contributed by atoms with Gasteiger partial charge in [-0.3, -0.25) is 4.79 Å². The normalized spacial score (nSPS) is 10.5. The number of carbonyl (C=O) groups is 1. The van der Waals surface area contributed by atoms with E-state index in [1.807, 2.05) is 18.2 Å². The Morgan fingerprint density at radius 2 is 1.67 bits per heavy atom. The SMILES string of the molecule is O=C(CCOCCCc1ccccc1)c1ccc(F)cc1. The van der Waals surface area contributed by atoms with Crippen molar-refractivity contribution in [2.75, 3.05) is 13.2 Å². The van der Waals surface area contributed by atoms with Crippen molar-refractivity contribution in [3.8, 4) is 0 Å². The smallest absolute Gasteiger partial charge is 0.165 e. The molecular weight excluding hydrogens is 267 g/mol. The summed E-state index contributed by atoms with van der Waals surface area (Å²) in [5, 5.41) is 0. The Morgan fingerprint density at radius 3 is 2.38 bits per heavy atom. The zero-order valence-electron chi connectivity index (χ0n) is 11.9. The van der Waals surface area contributed by atoms with E-state index in [1.165, 1.54) is 29.8 Å². The van der Waals surface area contributed by atoms with E-state index in [4.69, 9.17) is 4.74 Å². The van der Waals surface area contributed by atoms with Crippen molar-refractivity contribution >= 4 is 5.78 Å². The fourth-order valence-corrected chi connectivity index (χ4v) is 2.07. The van der Waals surface area contributed by atoms with Gasteiger partial charge in [0.1, 0.15) is 5.82 Å². The predicted molar refractivity (Wildman–Crippen MR) is 80.9 cm³/mol. The lowest BCUT2D eigenvalue weighted by Crippen LogP contribution is -2.06. The molecule has 0 aromatic heterocycles. The second-order valence-corrected chi connectivity index (χ2v) is 4.88. The van der Waals surface area contributed by atoms with Crippen molar-refractivity contribution in [3.05, 3.63) is 71.5 Å². The molecule has 0 N–H and O–H groups in total. The van der Waals surface area contributed by atoms with Gasteiger partial charge in [0.15, 0.2) is 5.78 Å². The van der Waals surface area contributed by atoms with Crippen LogP contribution in [0.1, 0.15) is 28.8 Å². The van der Waals surface area contributed by atoms with Crippen LogP contribution in [0.15, 0.2) is 54.6 Å². The van der Waals surface area contributed by atoms with Gasteiger partial charge in [0, 0.05) is 18.6 Å². The van der Waals surface area contributed by atoms with Gasteiger partial charge in [0.05, 0.1) is 6.61 Å². The molecule has 0 aliphatic heterocycles. The number of aryl methyl sites for hydroxylation is 1. The number of Topliss-reactive ketones (excluding diaryl/α,β-unsaturated/α-hetero) is 1. The lowest BCUT2D eigenvalue weighted by molar-refractivity contribution is 0.0874. The monoisotopic (exact) mass is 286 g/mol. The van der Waals surface area contributed by atoms with Gasteiger partial charge in [0.2, 0.25) is 0 Å². The van der Waals surface area contributed by atoms with Gasteiger partial charge in [0.25, 0.3) is 0 Å². The zero-order valence-corrected chi connectivity index (χ0v) is 11.9. The summed E-state index contributed by atoms with van der Waals surface area (Å²) in [5.41, 5.74) is 1.83. The molecule has 0 fully saturated rings. The Labute approximate surface area is 124 Å². The number of benzene rings is 2. The molecule has 0 aliphatic rings. The van der Waals surface area contributed by atoms with Crippen LogP contribution in [0.25, 0.3) is 0 Å². The van der Waals surface area contributed by atoms with Crippen molar-refractivity contribution < 1.29 is 13.9 Å². The van der Waals surface area contributed by atoms with E-state index in [-0.39, 0.29) is 11.6 Å². The molecule has 21 heavy (non-hydrogen) atoms. The molecular formula is C18H19FO2. The predicted octanol–water partition coefficient (Wildman–Crippen LogP) is 4.05. The largest absolute Gasteiger partial charge is 0.381 e. The highest BCUT2D eigenvalue weighted by Crippen LogP contribution is 2.06. The average molecular weight is 286 g/mol. The van der Waals surface area contributed by atoms with Crippen LogP contribution in [0.2, 0.25) is 0 Å². The Bertz CT molecular complexity index is 549. The van der Waals surface area contributed by atoms with Crippen molar-refractivity contribution in [2.24, 2.45) is 0 Å². The summed E-state index contributed by atoms with van der Waals surface area (Å²) in [4.78, 5) is 11.8. The highest BCUT2D eigenvalue weighted by molar-refractivity contribution is 5.96. The number of ketones is 1. The van der Waals surface area contributed by atoms with Crippen LogP contribution in [0.4, 0.5) is 4.39 Å². The molecule has 2 aromatic rings. The number of rotatable bonds is 8. The summed E-state index contributed by atoms with van der Waals surface area (Å²) >= 11 is 0. The van der Waals surface area contributed by atoms with Gasteiger partial charge >= 0.3 is 0 Å². The molecule has 2 nitrogen and oxygen atoms in total. The fraction of sp³-hybridized carbons (Fsp3) is 0.278. The molecule has 0 amide bonds. The molecule has 2 rings (SSSR count). The first-order valence-corrected chi connectivity index (χ1v) is 7.16. The summed E-state index contributed by atoms with van der Waals surface area (Å²) < 4.78 is 18.2. The highest BCUT2D eigenvalue weighted by Gasteiger charge is 2.05. The molecule has 0 spiro atoms. The first kappa shape index (κ1) is 15.4. The number of hydrogen-bond donors (Lipinski definition) is 0. The van der Waals surface area contributed by atoms with Crippen molar-refractivity contribution in [3.63, 3.8) is 0 Å². The summed E-state index contributed by atoms with van der Waals surface area (Å²) in [5.74, 6) is -0.346. The number of hydrogen-bond acceptors (Lipinski definition) is 2. The Hall–Kier alpha value is -2.00. The molecule has 0 aliphatic carbocycles. The Morgan fingerprint density at radius 1 is 0.952 bits per heavy atom. The second kappa shape index (κ2) is 8.32. The maximum absolute atomic E-state index is 12.7. The topological polar surface area (TPSA) is 26.3 Å². The first-order valence-electron chi connectivity index (χ1n) is 7.16. The fourth-order valence-electron chi connectivity index (χ4n) is 2.07. The molecule has 0 saturated heterocycles. The van der Waals surface area contributed by atoms with Crippen LogP contribution in [-0.2, 0) is 11.2 Å². The minimum absolute atomic E-state index is 0.0157. The van der Waals surface area contributed by atoms with Crippen LogP contribution in [-0.4, -0.2) is 19.0 Å². The standard InChI is InChI=1S/C18H19FO2/c19-17-10-8-16(9-11-17)18(20)12-14-21-13-4-7-15-5-2-1-3-6-15/h1-3,5-6,8-11H,4,7,12-14H2. The molecule has 110 valence electrons. The van der Waals surface area contributed by atoms with Crippen LogP contribution in [0, 0.1) is 5.82 Å². The summed E-state index contributed by atoms with van der Waals surface area (Å²) in [6.07, 6.45) is 2.25. The lowest BCUT2D eigenvalue weighted by Gasteiger charge is -2.04. The molecule has 3 heteroatoms. The summed E-state index contributed by atoms with van der Waals surface area (Å²) in [6.45, 7) is 1.05. The maximum Gasteiger partial charge on any atom is 0.165 e. The van der Waals surface area contributed by atoms with E-state index in [9.17, 15) is 9.18 Å². The zero-order chi connectivity index (χ0) is 14.9. The number of ether oxygens (including phenoxy) is 1. The van der Waals surface area contributed by atoms with E-state index >= 15 is 0 Å². The van der Waals surface area contributed by atoms with Crippen LogP contribution >= 0.6 is 0 Å². The Balaban J connectivity index is 1.59. The highest BCUT2D eigenvalue weighted by atomic mass is 19.1. The summed E-state index contributed by atoms with van der Waals surface area (Å²) in [7, 11) is 0. The quantitative estimate of drug-likeness (QED) is 0.540. The van der Waals surface area contributed by atoms with Crippen LogP contribution in [0.3, 0.4) is 0 Å². The average Bonchev–Trinajstić information content (AvgIpc) is 2.52. The van der Waals surface area contributed by atoms with Gasteiger partial charge in [-0.2, -0.15) is 0 Å². The Kier molecular flexibility index (Phi) is 6.10. The minimum atomic E-state index is -0.330. The lowest BCUT2D eigenvalue weighted by atomic mass is 10.1. The summed E-state index contributed by atoms with van der Waals surface area (Å²) in [6, 6.07) is 15.9. The third kappa shape index (κ3) is 5.48. The number of carbonyl (C=O) groups excluding carboxylic acids is 1. The molecule has 2 aromatic carbocycles. The second-order valence-electron chi connectivity index (χ2n) is 4.88. The molecule has 0 bridgehead atoms. The van der Waals surface area contributed by atoms with E-state index in [0.717, 1.165) is 12.8 Å². The van der Waals surface area contributed by atoms with Gasteiger partial charge in [-0.05, 0) is 42.7 Å². The maximum atomic E-state index is 12.7. The van der Waals surface area contributed by atoms with Crippen molar-refractivity contribution in [2.45, 2.75) is 19.3 Å². The van der Waals surface area contributed by atoms with E-state index in [0.29, 0.717) is 25.2 Å². The third-order valence-corrected chi connectivity index (χ3v) is 3.24. The first-order chi connectivity index (χ1) is 10.3. The van der Waals surface area contributed by atoms with E-state index in [2.05, 4.69) is 12.1 Å². The number of halogens is 1. The van der Waals surface area contributed by atoms with Crippen LogP contribution in [0.5, 0.6) is 0 Å². The third-order valence-electron chi connectivity index (χ3n) is 3.24. The molecule has 0 radical (unpaired) electrons.